The van der Waals surface area contributed by atoms with Gasteiger partial charge in [0.15, 0.2) is 0 Å². The summed E-state index contributed by atoms with van der Waals surface area (Å²) in [5.41, 5.74) is 1.59. The molecule has 0 bridgehead atoms. The van der Waals surface area contributed by atoms with Gasteiger partial charge in [-0.2, -0.15) is 0 Å². The average Bonchev–Trinajstić information content (AvgIpc) is 2.73. The number of amides is 2. The molecule has 2 aromatic rings. The van der Waals surface area contributed by atoms with Gasteiger partial charge in [0.2, 0.25) is 21.8 Å². The highest BCUT2D eigenvalue weighted by Gasteiger charge is 2.32. The van der Waals surface area contributed by atoms with Crippen LogP contribution in [0.3, 0.4) is 0 Å². The van der Waals surface area contributed by atoms with Crippen LogP contribution in [0.4, 0.5) is 5.69 Å². The maximum absolute atomic E-state index is 13.5. The molecule has 0 saturated carbocycles. The summed E-state index contributed by atoms with van der Waals surface area (Å²) in [6.07, 6.45) is 1.36. The smallest absolute Gasteiger partial charge is 0.244 e. The van der Waals surface area contributed by atoms with E-state index in [1.165, 1.54) is 18.0 Å². The van der Waals surface area contributed by atoms with Crippen LogP contribution in [0.1, 0.15) is 24.5 Å². The van der Waals surface area contributed by atoms with Crippen LogP contribution in [0.2, 0.25) is 10.0 Å². The van der Waals surface area contributed by atoms with Gasteiger partial charge in [0.1, 0.15) is 12.6 Å². The highest BCUT2D eigenvalue weighted by Crippen LogP contribution is 2.27. The second-order valence-corrected chi connectivity index (χ2v) is 10.1. The van der Waals surface area contributed by atoms with Crippen LogP contribution >= 0.6 is 23.2 Å². The number of hydrogen-bond acceptors (Lipinski definition) is 4. The Hall–Kier alpha value is -2.29. The van der Waals surface area contributed by atoms with Crippen molar-refractivity contribution >= 4 is 50.7 Å². The summed E-state index contributed by atoms with van der Waals surface area (Å²) < 4.78 is 26.2. The minimum Gasteiger partial charge on any atom is -0.357 e. The summed E-state index contributed by atoms with van der Waals surface area (Å²) in [7, 11) is -2.34. The third kappa shape index (κ3) is 6.37. The van der Waals surface area contributed by atoms with E-state index < -0.39 is 28.5 Å². The van der Waals surface area contributed by atoms with Crippen molar-refractivity contribution in [3.8, 4) is 0 Å². The van der Waals surface area contributed by atoms with Gasteiger partial charge in [-0.3, -0.25) is 13.9 Å². The molecule has 2 rings (SSSR count). The molecule has 10 heteroatoms. The van der Waals surface area contributed by atoms with E-state index in [0.717, 1.165) is 10.6 Å². The second kappa shape index (κ2) is 11.0. The van der Waals surface area contributed by atoms with Gasteiger partial charge >= 0.3 is 0 Å². The number of halogens is 2. The first kappa shape index (κ1) is 26.0. The fourth-order valence-corrected chi connectivity index (χ4v) is 4.60. The molecule has 0 aliphatic heterocycles. The number of anilines is 1. The van der Waals surface area contributed by atoms with E-state index in [4.69, 9.17) is 23.2 Å². The molecule has 1 unspecified atom stereocenters. The summed E-state index contributed by atoms with van der Waals surface area (Å²) in [4.78, 5) is 27.4. The molecule has 0 fully saturated rings. The first-order chi connectivity index (χ1) is 15.0. The first-order valence-corrected chi connectivity index (χ1v) is 12.6. The van der Waals surface area contributed by atoms with Crippen molar-refractivity contribution < 1.29 is 18.0 Å². The van der Waals surface area contributed by atoms with E-state index in [2.05, 4.69) is 5.32 Å². The van der Waals surface area contributed by atoms with E-state index in [1.807, 2.05) is 0 Å². The molecule has 0 heterocycles. The van der Waals surface area contributed by atoms with E-state index in [9.17, 15) is 18.0 Å². The van der Waals surface area contributed by atoms with Crippen molar-refractivity contribution in [3.63, 3.8) is 0 Å². The number of benzene rings is 2. The van der Waals surface area contributed by atoms with Gasteiger partial charge in [0.25, 0.3) is 0 Å². The van der Waals surface area contributed by atoms with Crippen molar-refractivity contribution in [1.29, 1.82) is 0 Å². The Morgan fingerprint density at radius 3 is 2.34 bits per heavy atom. The molecule has 1 N–H and O–H groups in total. The maximum Gasteiger partial charge on any atom is 0.244 e. The number of nitrogens with one attached hydrogen (secondary N) is 1. The Morgan fingerprint density at radius 1 is 1.12 bits per heavy atom. The number of aryl methyl sites for hydroxylation is 1. The molecule has 0 spiro atoms. The number of rotatable bonds is 9. The number of nitrogens with zero attached hydrogens (tertiary/aromatic N) is 2. The number of carbonyl (C=O) groups excluding carboxylic acids is 2. The topological polar surface area (TPSA) is 86.8 Å². The van der Waals surface area contributed by atoms with Gasteiger partial charge in [-0.1, -0.05) is 54.4 Å². The monoisotopic (exact) mass is 499 g/mol. The van der Waals surface area contributed by atoms with E-state index in [0.29, 0.717) is 33.3 Å². The molecule has 0 aliphatic carbocycles. The van der Waals surface area contributed by atoms with Crippen LogP contribution in [-0.2, 0) is 26.2 Å². The summed E-state index contributed by atoms with van der Waals surface area (Å²) in [5.74, 6) is -0.886. The van der Waals surface area contributed by atoms with Crippen LogP contribution in [0.15, 0.2) is 42.5 Å². The minimum atomic E-state index is -3.82. The Bertz CT molecular complexity index is 1090. The SMILES string of the molecule is CCC(C(=O)NC)N(Cc1ccccc1Cl)C(=O)CN(c1cc(Cl)ccc1C)S(C)(=O)=O. The number of likely N-dealkylation sites (N-methyl/N-ethyl adjacent to an activating group) is 1. The Morgan fingerprint density at radius 2 is 1.78 bits per heavy atom. The molecule has 0 aromatic heterocycles. The minimum absolute atomic E-state index is 0.0521. The van der Waals surface area contributed by atoms with Gasteiger partial charge in [0, 0.05) is 23.6 Å². The Kier molecular flexibility index (Phi) is 8.95. The normalized spacial score (nSPS) is 12.2. The zero-order valence-corrected chi connectivity index (χ0v) is 20.8. The van der Waals surface area contributed by atoms with Gasteiger partial charge in [-0.15, -0.1) is 0 Å². The van der Waals surface area contributed by atoms with Gasteiger partial charge in [-0.25, -0.2) is 8.42 Å². The maximum atomic E-state index is 13.5. The van der Waals surface area contributed by atoms with E-state index >= 15 is 0 Å². The molecule has 0 saturated heterocycles. The van der Waals surface area contributed by atoms with E-state index in [1.54, 1.807) is 50.2 Å². The molecule has 2 aromatic carbocycles. The average molecular weight is 500 g/mol. The predicted octanol–water partition coefficient (Wildman–Crippen LogP) is 3.62. The molecular formula is C22H27Cl2N3O4S. The highest BCUT2D eigenvalue weighted by molar-refractivity contribution is 7.92. The summed E-state index contributed by atoms with van der Waals surface area (Å²) >= 11 is 12.4. The zero-order valence-electron chi connectivity index (χ0n) is 18.4. The molecule has 0 aliphatic rings. The largest absolute Gasteiger partial charge is 0.357 e. The third-order valence-corrected chi connectivity index (χ3v) is 6.78. The van der Waals surface area contributed by atoms with Crippen molar-refractivity contribution in [2.75, 3.05) is 24.2 Å². The number of sulfonamides is 1. The van der Waals surface area contributed by atoms with Crippen molar-refractivity contribution in [3.05, 3.63) is 63.6 Å². The fraction of sp³-hybridized carbons (Fsp3) is 0.364. The summed E-state index contributed by atoms with van der Waals surface area (Å²) in [6, 6.07) is 11.0. The molecule has 174 valence electrons. The van der Waals surface area contributed by atoms with Gasteiger partial charge < -0.3 is 10.2 Å². The van der Waals surface area contributed by atoms with Gasteiger partial charge in [-0.05, 0) is 42.7 Å². The Labute approximate surface area is 199 Å². The quantitative estimate of drug-likeness (QED) is 0.570. The molecule has 7 nitrogen and oxygen atoms in total. The lowest BCUT2D eigenvalue weighted by atomic mass is 10.1. The lowest BCUT2D eigenvalue weighted by Gasteiger charge is -2.33. The predicted molar refractivity (Wildman–Crippen MR) is 129 cm³/mol. The molecule has 0 radical (unpaired) electrons. The third-order valence-electron chi connectivity index (χ3n) is 5.05. The van der Waals surface area contributed by atoms with Crippen molar-refractivity contribution in [2.24, 2.45) is 0 Å². The summed E-state index contributed by atoms with van der Waals surface area (Å²) in [5, 5.41) is 3.36. The van der Waals surface area contributed by atoms with Crippen LogP contribution in [-0.4, -0.2) is 51.0 Å². The summed E-state index contributed by atoms with van der Waals surface area (Å²) in [6.45, 7) is 3.08. The molecule has 2 amide bonds. The number of carbonyl (C=O) groups is 2. The fourth-order valence-electron chi connectivity index (χ4n) is 3.34. The highest BCUT2D eigenvalue weighted by atomic mass is 35.5. The molecular weight excluding hydrogens is 473 g/mol. The zero-order chi connectivity index (χ0) is 24.1. The van der Waals surface area contributed by atoms with Crippen LogP contribution in [0, 0.1) is 6.92 Å². The molecule has 1 atom stereocenters. The Balaban J connectivity index is 2.49. The van der Waals surface area contributed by atoms with Crippen molar-refractivity contribution in [1.82, 2.24) is 10.2 Å². The second-order valence-electron chi connectivity index (χ2n) is 7.35. The van der Waals surface area contributed by atoms with Gasteiger partial charge in [0.05, 0.1) is 11.9 Å². The van der Waals surface area contributed by atoms with Crippen LogP contribution < -0.4 is 9.62 Å². The van der Waals surface area contributed by atoms with Crippen molar-refractivity contribution in [2.45, 2.75) is 32.9 Å². The van der Waals surface area contributed by atoms with Crippen LogP contribution in [0.5, 0.6) is 0 Å². The van der Waals surface area contributed by atoms with E-state index in [-0.39, 0.29) is 12.5 Å². The lowest BCUT2D eigenvalue weighted by Crippen LogP contribution is -2.51. The standard InChI is InChI=1S/C22H27Cl2N3O4S/c1-5-19(22(29)25-3)26(13-16-8-6-7-9-18(16)24)21(28)14-27(32(4,30)31)20-12-17(23)11-10-15(20)2/h6-12,19H,5,13-14H2,1-4H3,(H,25,29). The first-order valence-electron chi connectivity index (χ1n) is 9.97. The molecule has 32 heavy (non-hydrogen) atoms. The lowest BCUT2D eigenvalue weighted by molar-refractivity contribution is -0.140. The van der Waals surface area contributed by atoms with Crippen LogP contribution in [0.25, 0.3) is 0 Å². The number of hydrogen-bond donors (Lipinski definition) is 1.